The van der Waals surface area contributed by atoms with Crippen LogP contribution in [0, 0.1) is 18.8 Å². The molecule has 0 aliphatic rings. The molecule has 0 nitrogen and oxygen atoms in total. The first kappa shape index (κ1) is 11.6. The van der Waals surface area contributed by atoms with Crippen LogP contribution in [0.2, 0.25) is 0 Å². The molecule has 0 aromatic carbocycles. The van der Waals surface area contributed by atoms with Crippen LogP contribution in [0.3, 0.4) is 0 Å². The number of rotatable bonds is 8. The van der Waals surface area contributed by atoms with E-state index in [9.17, 15) is 0 Å². The first-order valence-electron chi connectivity index (χ1n) is 5.17. The van der Waals surface area contributed by atoms with Crippen molar-refractivity contribution in [1.29, 1.82) is 0 Å². The fourth-order valence-corrected chi connectivity index (χ4v) is 1.25. The smallest absolute Gasteiger partial charge is 0.0117 e. The van der Waals surface area contributed by atoms with Gasteiger partial charge in [0.15, 0.2) is 0 Å². The minimum absolute atomic E-state index is 0.842. The number of hydrogen-bond donors (Lipinski definition) is 0. The molecule has 0 bridgehead atoms. The Kier molecular flexibility index (Phi) is 10.2. The molecule has 0 aliphatic heterocycles. The van der Waals surface area contributed by atoms with E-state index >= 15 is 0 Å². The average molecular weight is 165 g/mol. The minimum atomic E-state index is 0.842. The summed E-state index contributed by atoms with van der Waals surface area (Å²) < 4.78 is 0. The lowest BCUT2D eigenvalue weighted by Gasteiger charge is -1.98. The Bertz CT molecular complexity index is 108. The van der Waals surface area contributed by atoms with E-state index in [1.165, 1.54) is 44.9 Å². The summed E-state index contributed by atoms with van der Waals surface area (Å²) >= 11 is 0. The van der Waals surface area contributed by atoms with Gasteiger partial charge < -0.3 is 0 Å². The predicted molar refractivity (Wildman–Crippen MR) is 55.7 cm³/mol. The quantitative estimate of drug-likeness (QED) is 0.377. The van der Waals surface area contributed by atoms with E-state index in [0.29, 0.717) is 0 Å². The van der Waals surface area contributed by atoms with Gasteiger partial charge in [0.2, 0.25) is 0 Å². The maximum absolute atomic E-state index is 5.13. The maximum Gasteiger partial charge on any atom is 0.0117 e. The predicted octanol–water partition coefficient (Wildman–Crippen LogP) is 3.96. The molecule has 0 rings (SSSR count). The van der Waals surface area contributed by atoms with Crippen LogP contribution in [0.1, 0.15) is 58.3 Å². The van der Waals surface area contributed by atoms with Gasteiger partial charge in [0.1, 0.15) is 0 Å². The second-order valence-corrected chi connectivity index (χ2v) is 3.25. The van der Waals surface area contributed by atoms with Gasteiger partial charge in [-0.3, -0.25) is 0 Å². The van der Waals surface area contributed by atoms with Gasteiger partial charge in [0.05, 0.1) is 0 Å². The van der Waals surface area contributed by atoms with Crippen molar-refractivity contribution in [3.05, 3.63) is 6.42 Å². The second-order valence-electron chi connectivity index (χ2n) is 3.25. The van der Waals surface area contributed by atoms with Crippen LogP contribution in [0.5, 0.6) is 0 Å². The Hall–Kier alpha value is -0.440. The normalized spacial score (nSPS) is 9.67. The Morgan fingerprint density at radius 2 is 1.75 bits per heavy atom. The molecule has 0 saturated carbocycles. The van der Waals surface area contributed by atoms with Crippen LogP contribution in [0.25, 0.3) is 0 Å². The van der Waals surface area contributed by atoms with Crippen molar-refractivity contribution >= 4 is 0 Å². The molecule has 0 spiro atoms. The molecular formula is C12H21. The van der Waals surface area contributed by atoms with Gasteiger partial charge >= 0.3 is 0 Å². The third-order valence-electron chi connectivity index (χ3n) is 2.02. The van der Waals surface area contributed by atoms with Crippen molar-refractivity contribution in [2.45, 2.75) is 58.3 Å². The van der Waals surface area contributed by atoms with Gasteiger partial charge in [-0.15, -0.1) is 12.3 Å². The largest absolute Gasteiger partial charge is 0.120 e. The first-order valence-corrected chi connectivity index (χ1v) is 5.17. The highest BCUT2D eigenvalue weighted by molar-refractivity contribution is 4.90. The lowest BCUT2D eigenvalue weighted by atomic mass is 10.1. The summed E-state index contributed by atoms with van der Waals surface area (Å²) in [6, 6.07) is 0. The molecule has 0 atom stereocenters. The Labute approximate surface area is 77.8 Å². The van der Waals surface area contributed by atoms with E-state index in [4.69, 9.17) is 6.42 Å². The topological polar surface area (TPSA) is 0 Å². The molecule has 0 saturated heterocycles. The van der Waals surface area contributed by atoms with Crippen LogP contribution < -0.4 is 0 Å². The minimum Gasteiger partial charge on any atom is -0.120 e. The van der Waals surface area contributed by atoms with E-state index in [2.05, 4.69) is 19.3 Å². The van der Waals surface area contributed by atoms with Crippen LogP contribution in [0.4, 0.5) is 0 Å². The fourth-order valence-electron chi connectivity index (χ4n) is 1.25. The zero-order chi connectivity index (χ0) is 9.07. The molecule has 0 N–H and O–H groups in total. The highest BCUT2D eigenvalue weighted by atomic mass is 14.0. The second kappa shape index (κ2) is 10.6. The zero-order valence-electron chi connectivity index (χ0n) is 8.31. The molecule has 0 heteroatoms. The number of hydrogen-bond acceptors (Lipinski definition) is 0. The van der Waals surface area contributed by atoms with Gasteiger partial charge in [-0.2, -0.15) is 0 Å². The van der Waals surface area contributed by atoms with Crippen molar-refractivity contribution in [2.75, 3.05) is 0 Å². The third-order valence-corrected chi connectivity index (χ3v) is 2.02. The molecule has 69 valence electrons. The molecule has 12 heavy (non-hydrogen) atoms. The third kappa shape index (κ3) is 9.56. The Morgan fingerprint density at radius 1 is 1.08 bits per heavy atom. The van der Waals surface area contributed by atoms with E-state index < -0.39 is 0 Å². The summed E-state index contributed by atoms with van der Waals surface area (Å²) in [6.45, 7) is 2.25. The number of unbranched alkanes of at least 4 members (excludes halogenated alkanes) is 8. The van der Waals surface area contributed by atoms with Crippen LogP contribution >= 0.6 is 0 Å². The van der Waals surface area contributed by atoms with Crippen molar-refractivity contribution in [3.63, 3.8) is 0 Å². The van der Waals surface area contributed by atoms with Gasteiger partial charge in [-0.05, 0) is 12.8 Å². The Balaban J connectivity index is 2.78. The van der Waals surface area contributed by atoms with E-state index in [1.807, 2.05) is 0 Å². The molecule has 0 aromatic heterocycles. The maximum atomic E-state index is 5.13. The summed E-state index contributed by atoms with van der Waals surface area (Å²) in [7, 11) is 0. The van der Waals surface area contributed by atoms with Crippen molar-refractivity contribution in [1.82, 2.24) is 0 Å². The van der Waals surface area contributed by atoms with Gasteiger partial charge in [-0.1, -0.05) is 45.4 Å². The SMILES string of the molecule is C#CC[CH]CCCCCCCC. The van der Waals surface area contributed by atoms with Crippen LogP contribution in [-0.2, 0) is 0 Å². The van der Waals surface area contributed by atoms with Gasteiger partial charge in [0, 0.05) is 6.42 Å². The lowest BCUT2D eigenvalue weighted by Crippen LogP contribution is -1.80. The van der Waals surface area contributed by atoms with E-state index in [1.54, 1.807) is 0 Å². The average Bonchev–Trinajstić information content (AvgIpc) is 2.10. The summed E-state index contributed by atoms with van der Waals surface area (Å²) in [5.41, 5.74) is 0. The van der Waals surface area contributed by atoms with Crippen molar-refractivity contribution in [2.24, 2.45) is 0 Å². The molecule has 0 fully saturated rings. The molecule has 0 aromatic rings. The summed E-state index contributed by atoms with van der Waals surface area (Å²) in [5.74, 6) is 2.62. The van der Waals surface area contributed by atoms with Crippen LogP contribution in [0.15, 0.2) is 0 Å². The summed E-state index contributed by atoms with van der Waals surface area (Å²) in [6.07, 6.45) is 17.6. The van der Waals surface area contributed by atoms with Gasteiger partial charge in [-0.25, -0.2) is 0 Å². The first-order chi connectivity index (χ1) is 5.91. The fraction of sp³-hybridized carbons (Fsp3) is 0.750. The molecule has 0 amide bonds. The zero-order valence-corrected chi connectivity index (χ0v) is 8.31. The monoisotopic (exact) mass is 165 g/mol. The standard InChI is InChI=1S/C12H21/c1-3-5-7-9-11-12-10-8-6-4-2/h1,7H,4-6,8-12H2,2H3. The lowest BCUT2D eigenvalue weighted by molar-refractivity contribution is 0.604. The highest BCUT2D eigenvalue weighted by Crippen LogP contribution is 2.08. The van der Waals surface area contributed by atoms with Crippen molar-refractivity contribution in [3.8, 4) is 12.3 Å². The molecular weight excluding hydrogens is 144 g/mol. The highest BCUT2D eigenvalue weighted by Gasteiger charge is 1.89. The Morgan fingerprint density at radius 3 is 2.42 bits per heavy atom. The van der Waals surface area contributed by atoms with E-state index in [-0.39, 0.29) is 0 Å². The summed E-state index contributed by atoms with van der Waals surface area (Å²) in [5, 5.41) is 0. The van der Waals surface area contributed by atoms with Gasteiger partial charge in [0.25, 0.3) is 0 Å². The number of terminal acetylenes is 1. The summed E-state index contributed by atoms with van der Waals surface area (Å²) in [4.78, 5) is 0. The molecule has 0 heterocycles. The molecule has 1 radical (unpaired) electrons. The molecule has 0 aliphatic carbocycles. The van der Waals surface area contributed by atoms with Crippen LogP contribution in [-0.4, -0.2) is 0 Å². The van der Waals surface area contributed by atoms with E-state index in [0.717, 1.165) is 6.42 Å². The molecule has 0 unspecified atom stereocenters. The van der Waals surface area contributed by atoms with Crippen molar-refractivity contribution < 1.29 is 0 Å².